The number of hydrogen-bond donors (Lipinski definition) is 0. The molecule has 0 aromatic heterocycles. The van der Waals surface area contributed by atoms with Crippen LogP contribution in [0.1, 0.15) is 30.9 Å². The fourth-order valence-corrected chi connectivity index (χ4v) is 3.36. The molecule has 1 saturated heterocycles. The highest BCUT2D eigenvalue weighted by atomic mass is 16.5. The van der Waals surface area contributed by atoms with E-state index in [9.17, 15) is 9.59 Å². The molecule has 0 unspecified atom stereocenters. The maximum atomic E-state index is 12.5. The number of carbonyl (C=O) groups excluding carboxylic acids is 2. The molecule has 6 nitrogen and oxygen atoms in total. The lowest BCUT2D eigenvalue weighted by Crippen LogP contribution is -2.41. The molecule has 0 bridgehead atoms. The second-order valence-electron chi connectivity index (χ2n) is 7.35. The molecule has 6 heteroatoms. The van der Waals surface area contributed by atoms with E-state index in [4.69, 9.17) is 4.74 Å². The Balaban J connectivity index is 1.74. The third-order valence-electron chi connectivity index (χ3n) is 4.92. The first-order valence-corrected chi connectivity index (χ1v) is 9.84. The summed E-state index contributed by atoms with van der Waals surface area (Å²) in [5, 5.41) is 0. The molecule has 2 rings (SSSR count). The van der Waals surface area contributed by atoms with Crippen molar-refractivity contribution in [2.45, 2.75) is 33.6 Å². The van der Waals surface area contributed by atoms with Gasteiger partial charge in [0.25, 0.3) is 0 Å². The summed E-state index contributed by atoms with van der Waals surface area (Å²) >= 11 is 0. The van der Waals surface area contributed by atoms with Crippen LogP contribution in [-0.4, -0.2) is 79.4 Å². The number of hydrogen-bond acceptors (Lipinski definition) is 4. The van der Waals surface area contributed by atoms with E-state index in [1.54, 1.807) is 4.90 Å². The van der Waals surface area contributed by atoms with Gasteiger partial charge in [-0.2, -0.15) is 0 Å². The number of benzene rings is 1. The van der Waals surface area contributed by atoms with Gasteiger partial charge in [0.15, 0.2) is 0 Å². The van der Waals surface area contributed by atoms with E-state index in [0.29, 0.717) is 32.7 Å². The van der Waals surface area contributed by atoms with Crippen LogP contribution in [0.5, 0.6) is 5.75 Å². The predicted octanol–water partition coefficient (Wildman–Crippen LogP) is 2.08. The Bertz CT molecular complexity index is 627. The highest BCUT2D eigenvalue weighted by Gasteiger charge is 2.20. The summed E-state index contributed by atoms with van der Waals surface area (Å²) in [4.78, 5) is 30.1. The zero-order valence-electron chi connectivity index (χ0n) is 17.2. The van der Waals surface area contributed by atoms with Crippen LogP contribution in [0.2, 0.25) is 0 Å². The van der Waals surface area contributed by atoms with Gasteiger partial charge in [-0.05, 0) is 43.5 Å². The molecule has 1 aliphatic rings. The van der Waals surface area contributed by atoms with E-state index in [1.807, 2.05) is 44.9 Å². The van der Waals surface area contributed by atoms with Crippen molar-refractivity contribution in [2.24, 2.45) is 0 Å². The van der Waals surface area contributed by atoms with Gasteiger partial charge in [-0.25, -0.2) is 0 Å². The summed E-state index contributed by atoms with van der Waals surface area (Å²) in [6.07, 6.45) is 1.46. The minimum absolute atomic E-state index is 0.0919. The Hall–Kier alpha value is -2.08. The van der Waals surface area contributed by atoms with Gasteiger partial charge in [0.2, 0.25) is 11.8 Å². The Morgan fingerprint density at radius 3 is 2.44 bits per heavy atom. The molecule has 1 aromatic rings. The second-order valence-corrected chi connectivity index (χ2v) is 7.35. The number of ether oxygens (including phenoxy) is 1. The minimum atomic E-state index is 0.0919. The molecule has 0 spiro atoms. The molecule has 0 aliphatic carbocycles. The van der Waals surface area contributed by atoms with E-state index >= 15 is 0 Å². The smallest absolute Gasteiger partial charge is 0.236 e. The molecule has 0 atom stereocenters. The monoisotopic (exact) mass is 375 g/mol. The highest BCUT2D eigenvalue weighted by molar-refractivity contribution is 5.78. The van der Waals surface area contributed by atoms with Crippen molar-refractivity contribution >= 4 is 11.8 Å². The molecule has 27 heavy (non-hydrogen) atoms. The maximum absolute atomic E-state index is 12.5. The lowest BCUT2D eigenvalue weighted by Gasteiger charge is -2.24. The fraction of sp³-hybridized carbons (Fsp3) is 0.619. The second kappa shape index (κ2) is 10.3. The molecule has 0 radical (unpaired) electrons. The number of nitrogens with zero attached hydrogens (tertiary/aromatic N) is 3. The van der Waals surface area contributed by atoms with E-state index in [1.165, 1.54) is 11.1 Å². The Morgan fingerprint density at radius 1 is 1.07 bits per heavy atom. The lowest BCUT2D eigenvalue weighted by molar-refractivity contribution is -0.131. The van der Waals surface area contributed by atoms with E-state index in [0.717, 1.165) is 31.8 Å². The van der Waals surface area contributed by atoms with Crippen molar-refractivity contribution in [3.63, 3.8) is 0 Å². The lowest BCUT2D eigenvalue weighted by atomic mass is 10.1. The van der Waals surface area contributed by atoms with Crippen LogP contribution in [0.15, 0.2) is 18.2 Å². The first-order chi connectivity index (χ1) is 12.9. The average Bonchev–Trinajstić information content (AvgIpc) is 2.85. The van der Waals surface area contributed by atoms with E-state index < -0.39 is 0 Å². The first kappa shape index (κ1) is 21.2. The topological polar surface area (TPSA) is 53.1 Å². The van der Waals surface area contributed by atoms with Gasteiger partial charge in [-0.15, -0.1) is 0 Å². The molecule has 1 aromatic carbocycles. The zero-order valence-corrected chi connectivity index (χ0v) is 17.2. The van der Waals surface area contributed by atoms with Crippen LogP contribution in [0.3, 0.4) is 0 Å². The van der Waals surface area contributed by atoms with Gasteiger partial charge in [-0.1, -0.05) is 13.0 Å². The zero-order chi connectivity index (χ0) is 19.8. The average molecular weight is 376 g/mol. The van der Waals surface area contributed by atoms with Crippen LogP contribution in [0.4, 0.5) is 0 Å². The molecule has 0 N–H and O–H groups in total. The quantitative estimate of drug-likeness (QED) is 0.732. The number of amides is 2. The molecule has 1 heterocycles. The minimum Gasteiger partial charge on any atom is -0.492 e. The predicted molar refractivity (Wildman–Crippen MR) is 107 cm³/mol. The molecule has 1 fully saturated rings. The van der Waals surface area contributed by atoms with Crippen LogP contribution in [-0.2, 0) is 9.59 Å². The standard InChI is InChI=1S/C21H33N3O3/c1-5-20(25)24-8-6-7-23(9-10-24)16-21(26)22(4)11-12-27-19-14-17(2)13-18(3)15-19/h13-15H,5-12,16H2,1-4H3. The van der Waals surface area contributed by atoms with Crippen LogP contribution in [0, 0.1) is 13.8 Å². The van der Waals surface area contributed by atoms with Crippen LogP contribution in [0.25, 0.3) is 0 Å². The van der Waals surface area contributed by atoms with Crippen molar-refractivity contribution in [3.05, 3.63) is 29.3 Å². The Morgan fingerprint density at radius 2 is 1.78 bits per heavy atom. The van der Waals surface area contributed by atoms with Gasteiger partial charge in [-0.3, -0.25) is 14.5 Å². The van der Waals surface area contributed by atoms with Crippen molar-refractivity contribution in [1.82, 2.24) is 14.7 Å². The van der Waals surface area contributed by atoms with Gasteiger partial charge in [0.05, 0.1) is 13.1 Å². The van der Waals surface area contributed by atoms with Crippen LogP contribution < -0.4 is 4.74 Å². The van der Waals surface area contributed by atoms with Gasteiger partial charge < -0.3 is 14.5 Å². The summed E-state index contributed by atoms with van der Waals surface area (Å²) in [7, 11) is 1.82. The largest absolute Gasteiger partial charge is 0.492 e. The number of carbonyl (C=O) groups is 2. The molecule has 0 saturated carbocycles. The van der Waals surface area contributed by atoms with Crippen molar-refractivity contribution in [3.8, 4) is 5.75 Å². The van der Waals surface area contributed by atoms with Crippen molar-refractivity contribution < 1.29 is 14.3 Å². The normalized spacial score (nSPS) is 15.3. The highest BCUT2D eigenvalue weighted by Crippen LogP contribution is 2.16. The van der Waals surface area contributed by atoms with Gasteiger partial charge >= 0.3 is 0 Å². The summed E-state index contributed by atoms with van der Waals surface area (Å²) < 4.78 is 5.80. The number of rotatable bonds is 7. The molecule has 150 valence electrons. The Labute approximate surface area is 163 Å². The maximum Gasteiger partial charge on any atom is 0.236 e. The summed E-state index contributed by atoms with van der Waals surface area (Å²) in [5.74, 6) is 1.14. The van der Waals surface area contributed by atoms with E-state index in [-0.39, 0.29) is 11.8 Å². The van der Waals surface area contributed by atoms with Crippen LogP contribution >= 0.6 is 0 Å². The molecule has 2 amide bonds. The number of likely N-dealkylation sites (N-methyl/N-ethyl adjacent to an activating group) is 1. The number of aryl methyl sites for hydroxylation is 2. The van der Waals surface area contributed by atoms with Crippen molar-refractivity contribution in [2.75, 3.05) is 52.9 Å². The first-order valence-electron chi connectivity index (χ1n) is 9.84. The third-order valence-corrected chi connectivity index (χ3v) is 4.92. The summed E-state index contributed by atoms with van der Waals surface area (Å²) in [6, 6.07) is 6.13. The molecular weight excluding hydrogens is 342 g/mol. The summed E-state index contributed by atoms with van der Waals surface area (Å²) in [6.45, 7) is 10.5. The van der Waals surface area contributed by atoms with Crippen molar-refractivity contribution in [1.29, 1.82) is 0 Å². The molecule has 1 aliphatic heterocycles. The fourth-order valence-electron chi connectivity index (χ4n) is 3.36. The summed E-state index contributed by atoms with van der Waals surface area (Å²) in [5.41, 5.74) is 2.34. The van der Waals surface area contributed by atoms with E-state index in [2.05, 4.69) is 11.0 Å². The van der Waals surface area contributed by atoms with Gasteiger partial charge in [0, 0.05) is 39.6 Å². The Kier molecular flexibility index (Phi) is 8.10. The SMILES string of the molecule is CCC(=O)N1CCCN(CC(=O)N(C)CCOc2cc(C)cc(C)c2)CC1. The third kappa shape index (κ3) is 6.86. The van der Waals surface area contributed by atoms with Gasteiger partial charge in [0.1, 0.15) is 12.4 Å². The molecular formula is C21H33N3O3.